The predicted molar refractivity (Wildman–Crippen MR) is 73.3 cm³/mol. The second-order valence-corrected chi connectivity index (χ2v) is 5.17. The lowest BCUT2D eigenvalue weighted by Crippen LogP contribution is -2.53. The summed E-state index contributed by atoms with van der Waals surface area (Å²) in [4.78, 5) is 9.76. The Bertz CT molecular complexity index is 515. The van der Waals surface area contributed by atoms with Crippen molar-refractivity contribution in [3.8, 4) is 5.75 Å². The minimum Gasteiger partial charge on any atom is -0.487 e. The van der Waals surface area contributed by atoms with Crippen LogP contribution in [0.1, 0.15) is 6.42 Å². The summed E-state index contributed by atoms with van der Waals surface area (Å²) in [7, 11) is 1.57. The maximum absolute atomic E-state index is 13.5. The van der Waals surface area contributed by atoms with Crippen molar-refractivity contribution in [2.24, 2.45) is 0 Å². The van der Waals surface area contributed by atoms with Gasteiger partial charge in [0.25, 0.3) is 0 Å². The molecule has 0 aromatic heterocycles. The molecule has 2 rings (SSSR count). The summed E-state index contributed by atoms with van der Waals surface area (Å²) in [6.07, 6.45) is -0.0389. The summed E-state index contributed by atoms with van der Waals surface area (Å²) >= 11 is 6.04. The molecule has 116 valence electrons. The lowest BCUT2D eigenvalue weighted by Gasteiger charge is -2.40. The van der Waals surface area contributed by atoms with E-state index in [-0.39, 0.29) is 23.3 Å². The molecule has 1 aromatic carbocycles. The van der Waals surface area contributed by atoms with Crippen molar-refractivity contribution in [3.05, 3.63) is 34.1 Å². The van der Waals surface area contributed by atoms with Crippen LogP contribution >= 0.6 is 11.6 Å². The molecule has 0 bridgehead atoms. The number of ether oxygens (including phenoxy) is 3. The fraction of sp³-hybridized carbons (Fsp3) is 0.538. The Morgan fingerprint density at radius 3 is 2.81 bits per heavy atom. The maximum Gasteiger partial charge on any atom is 0.305 e. The Kier molecular flexibility index (Phi) is 5.33. The Labute approximate surface area is 125 Å². The zero-order valence-electron chi connectivity index (χ0n) is 11.3. The zero-order valence-corrected chi connectivity index (χ0v) is 12.1. The largest absolute Gasteiger partial charge is 0.487 e. The molecule has 0 radical (unpaired) electrons. The van der Waals surface area contributed by atoms with Gasteiger partial charge in [-0.15, -0.1) is 11.6 Å². The van der Waals surface area contributed by atoms with E-state index in [0.29, 0.717) is 19.6 Å². The molecule has 0 spiro atoms. The predicted octanol–water partition coefficient (Wildman–Crippen LogP) is 2.52. The lowest BCUT2D eigenvalue weighted by atomic mass is 9.91. The van der Waals surface area contributed by atoms with E-state index >= 15 is 0 Å². The first-order valence-corrected chi connectivity index (χ1v) is 6.81. The highest BCUT2D eigenvalue weighted by atomic mass is 35.5. The second kappa shape index (κ2) is 7.02. The number of nitro benzene ring substituents is 1. The van der Waals surface area contributed by atoms with Crippen LogP contribution in [-0.4, -0.2) is 42.8 Å². The third-order valence-electron chi connectivity index (χ3n) is 3.18. The number of halogens is 2. The van der Waals surface area contributed by atoms with E-state index in [1.807, 2.05) is 0 Å². The number of nitro groups is 1. The highest BCUT2D eigenvalue weighted by molar-refractivity contribution is 6.21. The molecule has 0 aliphatic heterocycles. The minimum absolute atomic E-state index is 0.172. The average molecular weight is 320 g/mol. The van der Waals surface area contributed by atoms with Crippen molar-refractivity contribution in [2.75, 3.05) is 20.3 Å². The SMILES string of the molecule is COCCOC1C(Cl)CC1Oc1ccc([N+](=O)[O-])c(F)c1. The minimum atomic E-state index is -0.934. The van der Waals surface area contributed by atoms with Crippen molar-refractivity contribution < 1.29 is 23.5 Å². The van der Waals surface area contributed by atoms with Gasteiger partial charge < -0.3 is 14.2 Å². The van der Waals surface area contributed by atoms with Crippen LogP contribution in [0.15, 0.2) is 18.2 Å². The summed E-state index contributed by atoms with van der Waals surface area (Å²) in [6.45, 7) is 0.831. The van der Waals surface area contributed by atoms with Crippen LogP contribution in [0.3, 0.4) is 0 Å². The fourth-order valence-electron chi connectivity index (χ4n) is 2.01. The molecule has 0 N–H and O–H groups in total. The van der Waals surface area contributed by atoms with Crippen molar-refractivity contribution in [2.45, 2.75) is 24.0 Å². The van der Waals surface area contributed by atoms with E-state index < -0.39 is 16.4 Å². The molecule has 8 heteroatoms. The molecule has 1 saturated carbocycles. The van der Waals surface area contributed by atoms with E-state index in [4.69, 9.17) is 25.8 Å². The van der Waals surface area contributed by atoms with Gasteiger partial charge in [-0.2, -0.15) is 4.39 Å². The number of benzene rings is 1. The normalized spacial score (nSPS) is 24.4. The first kappa shape index (κ1) is 15.9. The Morgan fingerprint density at radius 2 is 2.24 bits per heavy atom. The van der Waals surface area contributed by atoms with Crippen LogP contribution < -0.4 is 4.74 Å². The summed E-state index contributed by atoms with van der Waals surface area (Å²) in [6, 6.07) is 3.42. The van der Waals surface area contributed by atoms with Crippen molar-refractivity contribution >= 4 is 17.3 Å². The monoisotopic (exact) mass is 319 g/mol. The van der Waals surface area contributed by atoms with Crippen LogP contribution in [0.4, 0.5) is 10.1 Å². The van der Waals surface area contributed by atoms with Crippen LogP contribution in [-0.2, 0) is 9.47 Å². The van der Waals surface area contributed by atoms with Gasteiger partial charge in [-0.3, -0.25) is 10.1 Å². The molecule has 21 heavy (non-hydrogen) atoms. The van der Waals surface area contributed by atoms with Gasteiger partial charge in [-0.25, -0.2) is 0 Å². The smallest absolute Gasteiger partial charge is 0.305 e. The summed E-state index contributed by atoms with van der Waals surface area (Å²) < 4.78 is 29.5. The second-order valence-electron chi connectivity index (χ2n) is 4.61. The van der Waals surface area contributed by atoms with E-state index in [2.05, 4.69) is 0 Å². The van der Waals surface area contributed by atoms with E-state index in [0.717, 1.165) is 12.1 Å². The molecule has 0 amide bonds. The van der Waals surface area contributed by atoms with Gasteiger partial charge >= 0.3 is 5.69 Å². The van der Waals surface area contributed by atoms with E-state index in [1.54, 1.807) is 7.11 Å². The molecule has 0 heterocycles. The van der Waals surface area contributed by atoms with E-state index in [9.17, 15) is 14.5 Å². The van der Waals surface area contributed by atoms with Crippen molar-refractivity contribution in [1.29, 1.82) is 0 Å². The number of nitrogens with zero attached hydrogens (tertiary/aromatic N) is 1. The van der Waals surface area contributed by atoms with Gasteiger partial charge in [0.05, 0.1) is 23.5 Å². The average Bonchev–Trinajstić information content (AvgIpc) is 2.42. The fourth-order valence-corrected chi connectivity index (χ4v) is 2.42. The van der Waals surface area contributed by atoms with Gasteiger partial charge in [0.15, 0.2) is 0 Å². The van der Waals surface area contributed by atoms with Crippen molar-refractivity contribution in [3.63, 3.8) is 0 Å². The first-order valence-electron chi connectivity index (χ1n) is 6.38. The van der Waals surface area contributed by atoms with Crippen LogP contribution in [0.25, 0.3) is 0 Å². The Balaban J connectivity index is 1.95. The highest BCUT2D eigenvalue weighted by Gasteiger charge is 2.42. The third kappa shape index (κ3) is 3.81. The Hall–Kier alpha value is -1.44. The summed E-state index contributed by atoms with van der Waals surface area (Å²) in [5.74, 6) is -0.719. The number of hydrogen-bond acceptors (Lipinski definition) is 5. The number of hydrogen-bond donors (Lipinski definition) is 0. The number of alkyl halides is 1. The molecular weight excluding hydrogens is 305 g/mol. The quantitative estimate of drug-likeness (QED) is 0.334. The van der Waals surface area contributed by atoms with Gasteiger partial charge in [-0.1, -0.05) is 0 Å². The van der Waals surface area contributed by atoms with Crippen LogP contribution in [0, 0.1) is 15.9 Å². The van der Waals surface area contributed by atoms with Crippen LogP contribution in [0.2, 0.25) is 0 Å². The molecule has 3 unspecified atom stereocenters. The Morgan fingerprint density at radius 1 is 1.48 bits per heavy atom. The third-order valence-corrected chi connectivity index (χ3v) is 3.61. The first-order chi connectivity index (χ1) is 10.0. The van der Waals surface area contributed by atoms with Gasteiger partial charge in [0.2, 0.25) is 5.82 Å². The number of methoxy groups -OCH3 is 1. The molecule has 3 atom stereocenters. The highest BCUT2D eigenvalue weighted by Crippen LogP contribution is 2.34. The zero-order chi connectivity index (χ0) is 15.4. The van der Waals surface area contributed by atoms with Gasteiger partial charge in [0, 0.05) is 25.7 Å². The van der Waals surface area contributed by atoms with Crippen LogP contribution in [0.5, 0.6) is 5.75 Å². The topological polar surface area (TPSA) is 70.8 Å². The molecule has 6 nitrogen and oxygen atoms in total. The molecule has 1 aliphatic carbocycles. The number of rotatable bonds is 7. The summed E-state index contributed by atoms with van der Waals surface area (Å²) in [5, 5.41) is 10.4. The molecule has 1 aliphatic rings. The maximum atomic E-state index is 13.5. The summed E-state index contributed by atoms with van der Waals surface area (Å²) in [5.41, 5.74) is -0.584. The molecule has 1 fully saturated rings. The standard InChI is InChI=1S/C13H15ClFNO5/c1-19-4-5-20-13-9(14)7-12(13)21-8-2-3-11(16(17)18)10(15)6-8/h2-3,6,9,12-13H,4-5,7H2,1H3. The van der Waals surface area contributed by atoms with Gasteiger partial charge in [0.1, 0.15) is 18.0 Å². The van der Waals surface area contributed by atoms with Crippen molar-refractivity contribution in [1.82, 2.24) is 0 Å². The van der Waals surface area contributed by atoms with E-state index in [1.165, 1.54) is 6.07 Å². The molecule has 0 saturated heterocycles. The van der Waals surface area contributed by atoms with Gasteiger partial charge in [-0.05, 0) is 6.07 Å². The lowest BCUT2D eigenvalue weighted by molar-refractivity contribution is -0.387. The molecular formula is C13H15ClFNO5. The molecule has 1 aromatic rings.